The molecule has 0 heterocycles. The smallest absolute Gasteiger partial charge is 0.255 e. The Bertz CT molecular complexity index is 608. The molecule has 20 heavy (non-hydrogen) atoms. The minimum absolute atomic E-state index is 0.0245. The maximum Gasteiger partial charge on any atom is 0.255 e. The van der Waals surface area contributed by atoms with Gasteiger partial charge in [-0.05, 0) is 52.7 Å². The van der Waals surface area contributed by atoms with Crippen LogP contribution in [0.4, 0.5) is 4.39 Å². The molecule has 104 valence electrons. The van der Waals surface area contributed by atoms with E-state index < -0.39 is 11.7 Å². The lowest BCUT2D eigenvalue weighted by atomic mass is 10.1. The molecule has 1 amide bonds. The second-order valence-corrected chi connectivity index (χ2v) is 6.11. The second kappa shape index (κ2) is 6.50. The van der Waals surface area contributed by atoms with Gasteiger partial charge < -0.3 is 5.32 Å². The van der Waals surface area contributed by atoms with Crippen molar-refractivity contribution in [3.63, 3.8) is 0 Å². The molecule has 0 radical (unpaired) electrons. The molecule has 0 aliphatic rings. The molecular formula is C15H12Br2FNO. The van der Waals surface area contributed by atoms with Gasteiger partial charge in [0.05, 0.1) is 11.6 Å². The van der Waals surface area contributed by atoms with Crippen molar-refractivity contribution in [1.29, 1.82) is 0 Å². The third-order valence-electron chi connectivity index (χ3n) is 2.91. The molecule has 2 nitrogen and oxygen atoms in total. The van der Waals surface area contributed by atoms with E-state index in [2.05, 4.69) is 37.2 Å². The lowest BCUT2D eigenvalue weighted by Crippen LogP contribution is -2.27. The number of nitrogens with one attached hydrogen (secondary N) is 1. The Morgan fingerprint density at radius 3 is 2.40 bits per heavy atom. The summed E-state index contributed by atoms with van der Waals surface area (Å²) >= 11 is 6.55. The SMILES string of the molecule is CC(NC(=O)c1c(F)cccc1Br)c1ccc(Br)cc1. The topological polar surface area (TPSA) is 29.1 Å². The third kappa shape index (κ3) is 3.46. The fraction of sp³-hybridized carbons (Fsp3) is 0.133. The molecular weight excluding hydrogens is 389 g/mol. The average Bonchev–Trinajstić information content (AvgIpc) is 2.39. The number of benzene rings is 2. The predicted octanol–water partition coefficient (Wildman–Crippen LogP) is 4.84. The number of rotatable bonds is 3. The standard InChI is InChI=1S/C15H12Br2FNO/c1-9(10-5-7-11(16)8-6-10)19-15(20)14-12(17)3-2-4-13(14)18/h2-9H,1H3,(H,19,20). The summed E-state index contributed by atoms with van der Waals surface area (Å²) in [5.41, 5.74) is 0.977. The monoisotopic (exact) mass is 399 g/mol. The largest absolute Gasteiger partial charge is 0.345 e. The molecule has 0 saturated carbocycles. The fourth-order valence-electron chi connectivity index (χ4n) is 1.82. The second-order valence-electron chi connectivity index (χ2n) is 4.34. The summed E-state index contributed by atoms with van der Waals surface area (Å²) in [4.78, 5) is 12.1. The zero-order valence-electron chi connectivity index (χ0n) is 10.7. The first-order valence-electron chi connectivity index (χ1n) is 5.99. The van der Waals surface area contributed by atoms with Crippen molar-refractivity contribution in [3.05, 3.63) is 68.4 Å². The molecule has 0 fully saturated rings. The van der Waals surface area contributed by atoms with Crippen LogP contribution in [-0.2, 0) is 0 Å². The van der Waals surface area contributed by atoms with E-state index in [-0.39, 0.29) is 11.6 Å². The van der Waals surface area contributed by atoms with Gasteiger partial charge in [-0.15, -0.1) is 0 Å². The number of carbonyl (C=O) groups is 1. The first-order valence-corrected chi connectivity index (χ1v) is 7.58. The van der Waals surface area contributed by atoms with Gasteiger partial charge in [0, 0.05) is 8.95 Å². The van der Waals surface area contributed by atoms with Crippen molar-refractivity contribution in [2.45, 2.75) is 13.0 Å². The minimum atomic E-state index is -0.542. The molecule has 0 spiro atoms. The first kappa shape index (κ1) is 15.2. The summed E-state index contributed by atoms with van der Waals surface area (Å²) < 4.78 is 15.1. The molecule has 1 N–H and O–H groups in total. The fourth-order valence-corrected chi connectivity index (χ4v) is 2.60. The van der Waals surface area contributed by atoms with Gasteiger partial charge in [-0.1, -0.05) is 34.1 Å². The van der Waals surface area contributed by atoms with Gasteiger partial charge in [-0.2, -0.15) is 0 Å². The van der Waals surface area contributed by atoms with Crippen molar-refractivity contribution >= 4 is 37.8 Å². The highest BCUT2D eigenvalue weighted by molar-refractivity contribution is 9.10. The van der Waals surface area contributed by atoms with Crippen LogP contribution < -0.4 is 5.32 Å². The average molecular weight is 401 g/mol. The van der Waals surface area contributed by atoms with Crippen molar-refractivity contribution in [1.82, 2.24) is 5.32 Å². The molecule has 2 aromatic carbocycles. The Hall–Kier alpha value is -1.20. The van der Waals surface area contributed by atoms with Gasteiger partial charge in [0.2, 0.25) is 0 Å². The summed E-state index contributed by atoms with van der Waals surface area (Å²) in [5.74, 6) is -0.981. The van der Waals surface area contributed by atoms with E-state index in [1.165, 1.54) is 6.07 Å². The number of hydrogen-bond acceptors (Lipinski definition) is 1. The zero-order valence-corrected chi connectivity index (χ0v) is 13.8. The van der Waals surface area contributed by atoms with Gasteiger partial charge >= 0.3 is 0 Å². The van der Waals surface area contributed by atoms with E-state index in [1.54, 1.807) is 12.1 Å². The Kier molecular flexibility index (Phi) is 4.94. The first-order chi connectivity index (χ1) is 9.49. The molecule has 1 atom stereocenters. The van der Waals surface area contributed by atoms with Crippen LogP contribution in [0.5, 0.6) is 0 Å². The quantitative estimate of drug-likeness (QED) is 0.784. The van der Waals surface area contributed by atoms with Crippen molar-refractivity contribution in [2.24, 2.45) is 0 Å². The third-order valence-corrected chi connectivity index (χ3v) is 4.10. The van der Waals surface area contributed by atoms with Gasteiger partial charge in [0.1, 0.15) is 5.82 Å². The summed E-state index contributed by atoms with van der Waals surface area (Å²) in [6, 6.07) is 11.9. The van der Waals surface area contributed by atoms with E-state index >= 15 is 0 Å². The normalized spacial score (nSPS) is 12.0. The lowest BCUT2D eigenvalue weighted by Gasteiger charge is -2.15. The molecule has 0 bridgehead atoms. The number of halogens is 3. The molecule has 0 aliphatic carbocycles. The van der Waals surface area contributed by atoms with Gasteiger partial charge in [-0.25, -0.2) is 4.39 Å². The van der Waals surface area contributed by atoms with Crippen LogP contribution in [-0.4, -0.2) is 5.91 Å². The van der Waals surface area contributed by atoms with Crippen LogP contribution in [0.15, 0.2) is 51.4 Å². The van der Waals surface area contributed by atoms with Crippen molar-refractivity contribution < 1.29 is 9.18 Å². The maximum absolute atomic E-state index is 13.7. The van der Waals surface area contributed by atoms with Crippen LogP contribution in [0.25, 0.3) is 0 Å². The Balaban J connectivity index is 2.17. The van der Waals surface area contributed by atoms with Crippen molar-refractivity contribution in [2.75, 3.05) is 0 Å². The van der Waals surface area contributed by atoms with Crippen molar-refractivity contribution in [3.8, 4) is 0 Å². The summed E-state index contributed by atoms with van der Waals surface area (Å²) in [6.07, 6.45) is 0. The van der Waals surface area contributed by atoms with Crippen LogP contribution in [0.3, 0.4) is 0 Å². The lowest BCUT2D eigenvalue weighted by molar-refractivity contribution is 0.0935. The van der Waals surface area contributed by atoms with Crippen LogP contribution in [0, 0.1) is 5.82 Å². The van der Waals surface area contributed by atoms with Gasteiger partial charge in [0.25, 0.3) is 5.91 Å². The van der Waals surface area contributed by atoms with E-state index in [0.717, 1.165) is 10.0 Å². The Labute approximate surface area is 133 Å². The Morgan fingerprint density at radius 1 is 1.15 bits per heavy atom. The van der Waals surface area contributed by atoms with Crippen LogP contribution in [0.2, 0.25) is 0 Å². The molecule has 2 aromatic rings. The van der Waals surface area contributed by atoms with E-state index in [0.29, 0.717) is 4.47 Å². The van der Waals surface area contributed by atoms with Crippen LogP contribution >= 0.6 is 31.9 Å². The van der Waals surface area contributed by atoms with E-state index in [1.807, 2.05) is 31.2 Å². The van der Waals surface area contributed by atoms with E-state index in [9.17, 15) is 9.18 Å². The van der Waals surface area contributed by atoms with E-state index in [4.69, 9.17) is 0 Å². The molecule has 2 rings (SSSR count). The highest BCUT2D eigenvalue weighted by atomic mass is 79.9. The highest BCUT2D eigenvalue weighted by Gasteiger charge is 2.17. The molecule has 1 unspecified atom stereocenters. The van der Waals surface area contributed by atoms with Gasteiger partial charge in [-0.3, -0.25) is 4.79 Å². The zero-order chi connectivity index (χ0) is 14.7. The van der Waals surface area contributed by atoms with Crippen LogP contribution in [0.1, 0.15) is 28.9 Å². The summed E-state index contributed by atoms with van der Waals surface area (Å²) in [6.45, 7) is 1.86. The number of carbonyl (C=O) groups excluding carboxylic acids is 1. The summed E-state index contributed by atoms with van der Waals surface area (Å²) in [5, 5.41) is 2.79. The number of hydrogen-bond donors (Lipinski definition) is 1. The number of amides is 1. The molecule has 5 heteroatoms. The summed E-state index contributed by atoms with van der Waals surface area (Å²) in [7, 11) is 0. The maximum atomic E-state index is 13.7. The van der Waals surface area contributed by atoms with Gasteiger partial charge in [0.15, 0.2) is 0 Å². The minimum Gasteiger partial charge on any atom is -0.345 e. The molecule has 0 saturated heterocycles. The predicted molar refractivity (Wildman–Crippen MR) is 84.1 cm³/mol. The Morgan fingerprint density at radius 2 is 1.80 bits per heavy atom. The highest BCUT2D eigenvalue weighted by Crippen LogP contribution is 2.21. The molecule has 0 aromatic heterocycles. The molecule has 0 aliphatic heterocycles.